The molecule has 0 bridgehead atoms. The average Bonchev–Trinajstić information content (AvgIpc) is 3.74. The lowest BCUT2D eigenvalue weighted by molar-refractivity contribution is 0.669. The summed E-state index contributed by atoms with van der Waals surface area (Å²) in [7, 11) is 0. The second kappa shape index (κ2) is 10.3. The van der Waals surface area contributed by atoms with E-state index in [1.54, 1.807) is 0 Å². The second-order valence-corrected chi connectivity index (χ2v) is 12.8. The van der Waals surface area contributed by atoms with Gasteiger partial charge >= 0.3 is 0 Å². The minimum absolute atomic E-state index is 0.574. The number of benzene rings is 8. The Morgan fingerprint density at radius 3 is 1.64 bits per heavy atom. The van der Waals surface area contributed by atoms with Crippen molar-refractivity contribution in [3.8, 4) is 39.9 Å². The first-order valence-electron chi connectivity index (χ1n) is 16.8. The summed E-state index contributed by atoms with van der Waals surface area (Å²) >= 11 is 0. The van der Waals surface area contributed by atoms with Gasteiger partial charge in [-0.2, -0.15) is 9.97 Å². The molecule has 0 radical (unpaired) electrons. The van der Waals surface area contributed by atoms with Gasteiger partial charge in [0.2, 0.25) is 5.95 Å². The van der Waals surface area contributed by atoms with Crippen LogP contribution in [0.4, 0.5) is 0 Å². The smallest absolute Gasteiger partial charge is 0.238 e. The van der Waals surface area contributed by atoms with Crippen LogP contribution in [-0.2, 0) is 0 Å². The molecule has 3 heterocycles. The summed E-state index contributed by atoms with van der Waals surface area (Å²) in [5, 5.41) is 9.53. The lowest BCUT2D eigenvalue weighted by atomic mass is 9.95. The lowest BCUT2D eigenvalue weighted by Crippen LogP contribution is -2.06. The number of hydrogen-bond donors (Lipinski definition) is 0. The maximum Gasteiger partial charge on any atom is 0.238 e. The number of nitrogens with zero attached hydrogens (tertiary/aromatic N) is 4. The summed E-state index contributed by atoms with van der Waals surface area (Å²) in [4.78, 5) is 15.5. The van der Waals surface area contributed by atoms with E-state index < -0.39 is 0 Å². The van der Waals surface area contributed by atoms with E-state index in [1.807, 2.05) is 42.5 Å². The van der Waals surface area contributed by atoms with Crippen molar-refractivity contribution in [2.24, 2.45) is 0 Å². The van der Waals surface area contributed by atoms with Crippen molar-refractivity contribution in [3.63, 3.8) is 0 Å². The fraction of sp³-hybridized carbons (Fsp3) is 0. The highest BCUT2D eigenvalue weighted by atomic mass is 16.3. The molecule has 0 atom stereocenters. The SMILES string of the molecule is c1ccc(-c2nc(-c3ccc4c(c3)oc3cccc(-c5ccccc5)c34)nc(-n3c4cccc5c6ccccc6c6cccc3c6c54)n2)cc1. The molecule has 5 nitrogen and oxygen atoms in total. The van der Waals surface area contributed by atoms with Crippen molar-refractivity contribution in [1.82, 2.24) is 19.5 Å². The van der Waals surface area contributed by atoms with Gasteiger partial charge < -0.3 is 4.42 Å². The van der Waals surface area contributed by atoms with Gasteiger partial charge in [-0.1, -0.05) is 127 Å². The van der Waals surface area contributed by atoms with Crippen LogP contribution in [0.2, 0.25) is 0 Å². The quantitative estimate of drug-likeness (QED) is 0.180. The molecule has 0 aliphatic rings. The van der Waals surface area contributed by atoms with E-state index in [2.05, 4.69) is 120 Å². The first-order chi connectivity index (χ1) is 24.8. The summed E-state index contributed by atoms with van der Waals surface area (Å²) < 4.78 is 8.70. The van der Waals surface area contributed by atoms with Crippen LogP contribution >= 0.6 is 0 Å². The zero-order valence-corrected chi connectivity index (χ0v) is 26.7. The molecule has 11 rings (SSSR count). The van der Waals surface area contributed by atoms with E-state index in [4.69, 9.17) is 19.4 Å². The molecular formula is C45H26N4O. The van der Waals surface area contributed by atoms with Gasteiger partial charge in [-0.25, -0.2) is 4.98 Å². The monoisotopic (exact) mass is 638 g/mol. The third-order valence-corrected chi connectivity index (χ3v) is 10.0. The van der Waals surface area contributed by atoms with E-state index >= 15 is 0 Å². The normalized spacial score (nSPS) is 12.0. The summed E-state index contributed by atoms with van der Waals surface area (Å²) in [6.07, 6.45) is 0. The summed E-state index contributed by atoms with van der Waals surface area (Å²) in [6, 6.07) is 54.8. The molecule has 232 valence electrons. The molecule has 0 unspecified atom stereocenters. The number of rotatable bonds is 4. The fourth-order valence-electron chi connectivity index (χ4n) is 7.86. The van der Waals surface area contributed by atoms with Crippen molar-refractivity contribution in [1.29, 1.82) is 0 Å². The number of aromatic nitrogens is 4. The first-order valence-corrected chi connectivity index (χ1v) is 16.8. The molecule has 0 saturated carbocycles. The van der Waals surface area contributed by atoms with Crippen molar-refractivity contribution in [3.05, 3.63) is 158 Å². The highest BCUT2D eigenvalue weighted by Crippen LogP contribution is 2.43. The number of hydrogen-bond acceptors (Lipinski definition) is 4. The molecule has 0 aliphatic carbocycles. The predicted molar refractivity (Wildman–Crippen MR) is 204 cm³/mol. The highest BCUT2D eigenvalue weighted by molar-refractivity contribution is 6.34. The molecular weight excluding hydrogens is 613 g/mol. The van der Waals surface area contributed by atoms with E-state index in [-0.39, 0.29) is 0 Å². The van der Waals surface area contributed by atoms with Gasteiger partial charge in [-0.3, -0.25) is 4.57 Å². The maximum absolute atomic E-state index is 6.50. The molecule has 8 aromatic carbocycles. The zero-order chi connectivity index (χ0) is 32.8. The largest absolute Gasteiger partial charge is 0.456 e. The third-order valence-electron chi connectivity index (χ3n) is 10.0. The van der Waals surface area contributed by atoms with Crippen LogP contribution in [0, 0.1) is 0 Å². The molecule has 5 heteroatoms. The second-order valence-electron chi connectivity index (χ2n) is 12.8. The summed E-state index contributed by atoms with van der Waals surface area (Å²) in [6.45, 7) is 0. The van der Waals surface area contributed by atoms with Gasteiger partial charge in [0.25, 0.3) is 0 Å². The van der Waals surface area contributed by atoms with Crippen molar-refractivity contribution in [2.45, 2.75) is 0 Å². The molecule has 0 aliphatic heterocycles. The van der Waals surface area contributed by atoms with Gasteiger partial charge in [0, 0.05) is 32.7 Å². The van der Waals surface area contributed by atoms with Crippen LogP contribution in [0.25, 0.3) is 105 Å². The van der Waals surface area contributed by atoms with Gasteiger partial charge in [-0.05, 0) is 63.0 Å². The maximum atomic E-state index is 6.50. The zero-order valence-electron chi connectivity index (χ0n) is 26.7. The summed E-state index contributed by atoms with van der Waals surface area (Å²) in [5.74, 6) is 1.77. The minimum Gasteiger partial charge on any atom is -0.456 e. The standard InChI is InChI=1S/C45H26N4O/c1-3-12-27(13-4-1)30-18-11-23-38-40(30)35-25-24-29(26-39(35)50-38)44-46-43(28-14-5-2-6-15-28)47-45(48-44)49-36-21-9-19-33-31-16-7-8-17-32(31)34-20-10-22-37(49)42(34)41(33)36/h1-26H. The van der Waals surface area contributed by atoms with Crippen molar-refractivity contribution >= 4 is 65.3 Å². The average molecular weight is 639 g/mol. The van der Waals surface area contributed by atoms with Gasteiger partial charge in [-0.15, -0.1) is 0 Å². The van der Waals surface area contributed by atoms with Crippen molar-refractivity contribution < 1.29 is 4.42 Å². The summed E-state index contributed by atoms with van der Waals surface area (Å²) in [5.41, 5.74) is 7.86. The van der Waals surface area contributed by atoms with Crippen LogP contribution < -0.4 is 0 Å². The molecule has 0 N–H and O–H groups in total. The fourth-order valence-corrected chi connectivity index (χ4v) is 7.86. The van der Waals surface area contributed by atoms with Crippen LogP contribution in [0.1, 0.15) is 0 Å². The molecule has 0 fully saturated rings. The van der Waals surface area contributed by atoms with Crippen LogP contribution in [0.5, 0.6) is 0 Å². The Kier molecular flexibility index (Phi) is 5.60. The Balaban J connectivity index is 1.18. The van der Waals surface area contributed by atoms with E-state index in [0.717, 1.165) is 55.2 Å². The van der Waals surface area contributed by atoms with E-state index in [0.29, 0.717) is 17.6 Å². The highest BCUT2D eigenvalue weighted by Gasteiger charge is 2.22. The molecule has 0 spiro atoms. The third kappa shape index (κ3) is 3.86. The predicted octanol–water partition coefficient (Wildman–Crippen LogP) is 11.6. The molecule has 0 saturated heterocycles. The number of furan rings is 1. The van der Waals surface area contributed by atoms with E-state index in [1.165, 1.54) is 32.3 Å². The number of fused-ring (bicyclic) bond motifs is 6. The molecule has 50 heavy (non-hydrogen) atoms. The Hall–Kier alpha value is -6.85. The molecule has 3 aromatic heterocycles. The Morgan fingerprint density at radius 1 is 0.380 bits per heavy atom. The topological polar surface area (TPSA) is 56.7 Å². The molecule has 0 amide bonds. The van der Waals surface area contributed by atoms with Crippen LogP contribution in [0.15, 0.2) is 162 Å². The first kappa shape index (κ1) is 27.1. The van der Waals surface area contributed by atoms with Crippen LogP contribution in [0.3, 0.4) is 0 Å². The van der Waals surface area contributed by atoms with Crippen LogP contribution in [-0.4, -0.2) is 19.5 Å². The van der Waals surface area contributed by atoms with Gasteiger partial charge in [0.1, 0.15) is 11.2 Å². The minimum atomic E-state index is 0.574. The Morgan fingerprint density at radius 2 is 0.960 bits per heavy atom. The Labute approximate surface area is 286 Å². The Bertz CT molecular complexity index is 3000. The van der Waals surface area contributed by atoms with Crippen molar-refractivity contribution in [2.75, 3.05) is 0 Å². The lowest BCUT2D eigenvalue weighted by Gasteiger charge is -2.11. The van der Waals surface area contributed by atoms with Gasteiger partial charge in [0.15, 0.2) is 11.6 Å². The molecule has 11 aromatic rings. The van der Waals surface area contributed by atoms with E-state index in [9.17, 15) is 0 Å². The van der Waals surface area contributed by atoms with Gasteiger partial charge in [0.05, 0.1) is 11.0 Å².